The predicted octanol–water partition coefficient (Wildman–Crippen LogP) is 3.09. The van der Waals surface area contributed by atoms with Crippen LogP contribution in [0, 0.1) is 0 Å². The standard InChI is InChI=1S/C13H21NO/c1-5-8-12-13(9-6-2)15-11(7-3)10-14(12)4/h5-6,8-9,11H,7,10H2,1-4H3/b8-5-,9-6-. The zero-order valence-corrected chi connectivity index (χ0v) is 10.2. The van der Waals surface area contributed by atoms with E-state index in [1.54, 1.807) is 0 Å². The van der Waals surface area contributed by atoms with Gasteiger partial charge in [0, 0.05) is 7.05 Å². The van der Waals surface area contributed by atoms with Gasteiger partial charge in [-0.3, -0.25) is 0 Å². The lowest BCUT2D eigenvalue weighted by Crippen LogP contribution is -2.35. The summed E-state index contributed by atoms with van der Waals surface area (Å²) in [6, 6.07) is 0. The third kappa shape index (κ3) is 2.88. The Kier molecular flexibility index (Phi) is 4.47. The van der Waals surface area contributed by atoms with Crippen molar-refractivity contribution in [2.75, 3.05) is 13.6 Å². The maximum absolute atomic E-state index is 5.91. The fraction of sp³-hybridized carbons (Fsp3) is 0.538. The lowest BCUT2D eigenvalue weighted by Gasteiger charge is -2.33. The summed E-state index contributed by atoms with van der Waals surface area (Å²) in [5, 5.41) is 0. The molecule has 1 aliphatic rings. The van der Waals surface area contributed by atoms with Crippen molar-refractivity contribution in [1.29, 1.82) is 0 Å². The van der Waals surface area contributed by atoms with Crippen molar-refractivity contribution in [2.24, 2.45) is 0 Å². The molecular weight excluding hydrogens is 186 g/mol. The van der Waals surface area contributed by atoms with Gasteiger partial charge in [0.05, 0.1) is 12.2 Å². The SMILES string of the molecule is C/C=C\C1=C(/C=C\C)N(C)CC(CC)O1. The fourth-order valence-corrected chi connectivity index (χ4v) is 1.72. The van der Waals surface area contributed by atoms with Crippen molar-refractivity contribution in [3.05, 3.63) is 35.8 Å². The summed E-state index contributed by atoms with van der Waals surface area (Å²) >= 11 is 0. The Bertz CT molecular complexity index is 289. The molecule has 0 N–H and O–H groups in total. The van der Waals surface area contributed by atoms with Crippen molar-refractivity contribution < 1.29 is 4.74 Å². The molecule has 1 aliphatic heterocycles. The van der Waals surface area contributed by atoms with E-state index < -0.39 is 0 Å². The van der Waals surface area contributed by atoms with E-state index in [1.807, 2.05) is 32.1 Å². The summed E-state index contributed by atoms with van der Waals surface area (Å²) in [5.74, 6) is 0.983. The highest BCUT2D eigenvalue weighted by atomic mass is 16.5. The number of rotatable bonds is 3. The van der Waals surface area contributed by atoms with Crippen LogP contribution in [0.5, 0.6) is 0 Å². The smallest absolute Gasteiger partial charge is 0.142 e. The second kappa shape index (κ2) is 5.64. The van der Waals surface area contributed by atoms with Crippen LogP contribution in [0.3, 0.4) is 0 Å². The van der Waals surface area contributed by atoms with Gasteiger partial charge in [0.2, 0.25) is 0 Å². The Morgan fingerprint density at radius 2 is 2.00 bits per heavy atom. The fourth-order valence-electron chi connectivity index (χ4n) is 1.72. The Hall–Kier alpha value is -1.18. The Labute approximate surface area is 92.9 Å². The number of nitrogens with zero attached hydrogens (tertiary/aromatic N) is 1. The normalized spacial score (nSPS) is 22.9. The van der Waals surface area contributed by atoms with Crippen molar-refractivity contribution >= 4 is 0 Å². The molecule has 0 aromatic rings. The average Bonchev–Trinajstić information content (AvgIpc) is 2.23. The van der Waals surface area contributed by atoms with E-state index in [9.17, 15) is 0 Å². The highest BCUT2D eigenvalue weighted by molar-refractivity contribution is 5.29. The van der Waals surface area contributed by atoms with Crippen LogP contribution in [0.4, 0.5) is 0 Å². The van der Waals surface area contributed by atoms with E-state index in [0.29, 0.717) is 6.10 Å². The van der Waals surface area contributed by atoms with Gasteiger partial charge in [-0.25, -0.2) is 0 Å². The summed E-state index contributed by atoms with van der Waals surface area (Å²) in [4.78, 5) is 2.26. The summed E-state index contributed by atoms with van der Waals surface area (Å²) in [7, 11) is 2.12. The molecule has 1 heterocycles. The van der Waals surface area contributed by atoms with Gasteiger partial charge in [-0.1, -0.05) is 19.1 Å². The van der Waals surface area contributed by atoms with E-state index in [-0.39, 0.29) is 0 Å². The van der Waals surface area contributed by atoms with Gasteiger partial charge in [0.1, 0.15) is 11.9 Å². The molecule has 84 valence electrons. The van der Waals surface area contributed by atoms with Crippen LogP contribution in [-0.4, -0.2) is 24.6 Å². The van der Waals surface area contributed by atoms with Gasteiger partial charge in [-0.2, -0.15) is 0 Å². The molecule has 0 aromatic carbocycles. The number of hydrogen-bond acceptors (Lipinski definition) is 2. The quantitative estimate of drug-likeness (QED) is 0.705. The molecule has 0 radical (unpaired) electrons. The minimum absolute atomic E-state index is 0.315. The molecule has 0 spiro atoms. The highest BCUT2D eigenvalue weighted by Crippen LogP contribution is 2.23. The molecule has 1 unspecified atom stereocenters. The molecule has 15 heavy (non-hydrogen) atoms. The van der Waals surface area contributed by atoms with Gasteiger partial charge < -0.3 is 9.64 Å². The molecule has 1 rings (SSSR count). The second-order valence-corrected chi connectivity index (χ2v) is 3.78. The first-order valence-corrected chi connectivity index (χ1v) is 5.60. The highest BCUT2D eigenvalue weighted by Gasteiger charge is 2.21. The first-order valence-electron chi connectivity index (χ1n) is 5.60. The molecule has 2 heteroatoms. The Morgan fingerprint density at radius 3 is 2.53 bits per heavy atom. The molecule has 0 fully saturated rings. The number of allylic oxidation sites excluding steroid dienone is 4. The molecule has 0 amide bonds. The van der Waals surface area contributed by atoms with E-state index >= 15 is 0 Å². The molecule has 2 nitrogen and oxygen atoms in total. The molecule has 0 saturated heterocycles. The molecule has 0 saturated carbocycles. The number of hydrogen-bond donors (Lipinski definition) is 0. The molecule has 0 bridgehead atoms. The van der Waals surface area contributed by atoms with Gasteiger partial charge >= 0.3 is 0 Å². The minimum Gasteiger partial charge on any atom is -0.486 e. The van der Waals surface area contributed by atoms with Gasteiger partial charge in [0.25, 0.3) is 0 Å². The van der Waals surface area contributed by atoms with Crippen LogP contribution in [0.2, 0.25) is 0 Å². The largest absolute Gasteiger partial charge is 0.486 e. The van der Waals surface area contributed by atoms with Crippen molar-refractivity contribution in [2.45, 2.75) is 33.3 Å². The zero-order chi connectivity index (χ0) is 11.3. The average molecular weight is 207 g/mol. The molecule has 0 aliphatic carbocycles. The molecule has 1 atom stereocenters. The van der Waals surface area contributed by atoms with Crippen molar-refractivity contribution in [1.82, 2.24) is 4.90 Å². The Balaban J connectivity index is 2.98. The van der Waals surface area contributed by atoms with Crippen molar-refractivity contribution in [3.63, 3.8) is 0 Å². The van der Waals surface area contributed by atoms with Crippen LogP contribution in [-0.2, 0) is 4.74 Å². The first-order chi connectivity index (χ1) is 7.22. The van der Waals surface area contributed by atoms with Gasteiger partial charge in [0.15, 0.2) is 0 Å². The van der Waals surface area contributed by atoms with Crippen LogP contribution in [0.15, 0.2) is 35.8 Å². The maximum atomic E-state index is 5.91. The van der Waals surface area contributed by atoms with E-state index in [2.05, 4.69) is 24.9 Å². The topological polar surface area (TPSA) is 12.5 Å². The summed E-state index contributed by atoms with van der Waals surface area (Å²) < 4.78 is 5.91. The van der Waals surface area contributed by atoms with E-state index in [1.165, 1.54) is 5.70 Å². The lowest BCUT2D eigenvalue weighted by molar-refractivity contribution is 0.0665. The van der Waals surface area contributed by atoms with Crippen LogP contribution in [0.1, 0.15) is 27.2 Å². The van der Waals surface area contributed by atoms with Crippen LogP contribution >= 0.6 is 0 Å². The van der Waals surface area contributed by atoms with Crippen molar-refractivity contribution in [3.8, 4) is 0 Å². The lowest BCUT2D eigenvalue weighted by atomic mass is 10.1. The maximum Gasteiger partial charge on any atom is 0.142 e. The third-order valence-corrected chi connectivity index (χ3v) is 2.53. The second-order valence-electron chi connectivity index (χ2n) is 3.78. The van der Waals surface area contributed by atoms with Crippen LogP contribution < -0.4 is 0 Å². The molecular formula is C13H21NO. The number of ether oxygens (including phenoxy) is 1. The molecule has 0 aromatic heterocycles. The monoisotopic (exact) mass is 207 g/mol. The zero-order valence-electron chi connectivity index (χ0n) is 10.2. The summed E-state index contributed by atoms with van der Waals surface area (Å²) in [6.07, 6.45) is 9.56. The predicted molar refractivity (Wildman–Crippen MR) is 64.4 cm³/mol. The summed E-state index contributed by atoms with van der Waals surface area (Å²) in [5.41, 5.74) is 1.17. The van der Waals surface area contributed by atoms with Gasteiger partial charge in [-0.15, -0.1) is 0 Å². The first kappa shape index (κ1) is 11.9. The van der Waals surface area contributed by atoms with E-state index in [4.69, 9.17) is 4.74 Å². The minimum atomic E-state index is 0.315. The Morgan fingerprint density at radius 1 is 1.33 bits per heavy atom. The number of likely N-dealkylation sites (N-methyl/N-ethyl adjacent to an activating group) is 1. The van der Waals surface area contributed by atoms with E-state index in [0.717, 1.165) is 18.7 Å². The van der Waals surface area contributed by atoms with Gasteiger partial charge in [-0.05, 0) is 32.4 Å². The summed E-state index contributed by atoms with van der Waals surface area (Å²) in [6.45, 7) is 7.17. The third-order valence-electron chi connectivity index (χ3n) is 2.53. The van der Waals surface area contributed by atoms with Crippen LogP contribution in [0.25, 0.3) is 0 Å².